The van der Waals surface area contributed by atoms with Crippen molar-refractivity contribution in [2.24, 2.45) is 0 Å². The first-order valence-corrected chi connectivity index (χ1v) is 17.0. The Morgan fingerprint density at radius 2 is 1.71 bits per heavy atom. The Labute approximate surface area is 248 Å². The molecule has 0 saturated heterocycles. The number of carboxylic acid groups (broad SMARTS) is 1. The number of aliphatic carboxylic acids is 1. The van der Waals surface area contributed by atoms with Gasteiger partial charge in [0.15, 0.2) is 8.32 Å². The molecule has 0 aliphatic rings. The van der Waals surface area contributed by atoms with E-state index in [1.165, 1.54) is 0 Å². The topological polar surface area (TPSA) is 76.5 Å². The van der Waals surface area contributed by atoms with Crippen molar-refractivity contribution in [2.45, 2.75) is 57.8 Å². The molecule has 7 heteroatoms. The molecule has 212 valence electrons. The van der Waals surface area contributed by atoms with Crippen LogP contribution in [-0.4, -0.2) is 30.2 Å². The fourth-order valence-electron chi connectivity index (χ4n) is 4.43. The number of benzene rings is 3. The second-order valence-corrected chi connectivity index (χ2v) is 17.0. The van der Waals surface area contributed by atoms with Gasteiger partial charge < -0.3 is 9.53 Å². The van der Waals surface area contributed by atoms with E-state index < -0.39 is 20.1 Å². The average Bonchev–Trinajstić information content (AvgIpc) is 2.93. The van der Waals surface area contributed by atoms with Crippen molar-refractivity contribution in [3.05, 3.63) is 112 Å². The van der Waals surface area contributed by atoms with Gasteiger partial charge in [-0.3, -0.25) is 4.79 Å². The number of aryl methyl sites for hydroxylation is 1. The van der Waals surface area contributed by atoms with E-state index in [0.717, 1.165) is 27.7 Å². The maximum absolute atomic E-state index is 12.3. The fraction of sp³-hybridized carbons (Fsp3) is 0.265. The zero-order chi connectivity index (χ0) is 29.8. The van der Waals surface area contributed by atoms with E-state index in [1.54, 1.807) is 12.1 Å². The number of carboxylic acids is 1. The van der Waals surface area contributed by atoms with Crippen LogP contribution in [-0.2, 0) is 15.6 Å². The summed E-state index contributed by atoms with van der Waals surface area (Å²) >= 11 is 6.16. The van der Waals surface area contributed by atoms with Crippen LogP contribution in [0.1, 0.15) is 66.0 Å². The summed E-state index contributed by atoms with van der Waals surface area (Å²) in [5, 5.41) is 11.0. The van der Waals surface area contributed by atoms with E-state index in [1.807, 2.05) is 66.7 Å². The van der Waals surface area contributed by atoms with Crippen LogP contribution in [0.4, 0.5) is 0 Å². The molecule has 0 bridgehead atoms. The van der Waals surface area contributed by atoms with Crippen LogP contribution < -0.4 is 0 Å². The van der Waals surface area contributed by atoms with Crippen molar-refractivity contribution in [3.63, 3.8) is 0 Å². The number of Topliss-reactive ketones (excluding diaryl/α,β-unsaturated/α-hetero) is 1. The third-order valence-electron chi connectivity index (χ3n) is 7.78. The first-order valence-electron chi connectivity index (χ1n) is 13.7. The van der Waals surface area contributed by atoms with Crippen molar-refractivity contribution in [1.82, 2.24) is 4.98 Å². The van der Waals surface area contributed by atoms with E-state index in [4.69, 9.17) is 21.0 Å². The predicted molar refractivity (Wildman–Crippen MR) is 170 cm³/mol. The van der Waals surface area contributed by atoms with Gasteiger partial charge in [-0.2, -0.15) is 0 Å². The van der Waals surface area contributed by atoms with E-state index >= 15 is 0 Å². The van der Waals surface area contributed by atoms with Crippen molar-refractivity contribution in [3.8, 4) is 0 Å². The molecule has 1 N–H and O–H groups in total. The summed E-state index contributed by atoms with van der Waals surface area (Å²) in [7, 11) is -2.16. The maximum Gasteiger partial charge on any atom is 0.377 e. The summed E-state index contributed by atoms with van der Waals surface area (Å²) in [6.07, 6.45) is 4.91. The van der Waals surface area contributed by atoms with Gasteiger partial charge >= 0.3 is 5.97 Å². The zero-order valence-corrected chi connectivity index (χ0v) is 25.9. The molecule has 0 spiro atoms. The molecule has 0 fully saturated rings. The van der Waals surface area contributed by atoms with Crippen molar-refractivity contribution < 1.29 is 19.1 Å². The predicted octanol–water partition coefficient (Wildman–Crippen LogP) is 9.02. The average molecular weight is 586 g/mol. The number of nitrogens with zero attached hydrogens (tertiary/aromatic N) is 1. The standard InChI is InChI=1S/C34H36ClNO4Si/c1-34(2,3)41(4,5)40-31(20-16-24-10-6-7-12-29(24)32(37)33(38)39)26-11-8-9-23(21-26)13-18-28-19-15-25-14-17-27(35)22-30(25)36-28/h6-15,17-19,21-22,31H,16,20H2,1-5H3,(H,38,39)/b18-13+/t31-/m0/s1. The van der Waals surface area contributed by atoms with Crippen LogP contribution in [0, 0.1) is 0 Å². The molecular weight excluding hydrogens is 550 g/mol. The second kappa shape index (κ2) is 12.5. The number of rotatable bonds is 10. The Balaban J connectivity index is 1.62. The number of halogens is 1. The van der Waals surface area contributed by atoms with E-state index in [-0.39, 0.29) is 16.7 Å². The van der Waals surface area contributed by atoms with E-state index in [0.29, 0.717) is 23.4 Å². The Kier molecular flexibility index (Phi) is 9.27. The minimum atomic E-state index is -2.16. The van der Waals surface area contributed by atoms with Gasteiger partial charge in [0.25, 0.3) is 5.78 Å². The molecule has 0 radical (unpaired) electrons. The Hall–Kier alpha value is -3.58. The van der Waals surface area contributed by atoms with Crippen LogP contribution in [0.3, 0.4) is 0 Å². The lowest BCUT2D eigenvalue weighted by molar-refractivity contribution is -0.131. The number of fused-ring (bicyclic) bond motifs is 1. The highest BCUT2D eigenvalue weighted by Crippen LogP contribution is 2.41. The van der Waals surface area contributed by atoms with Crippen LogP contribution in [0.25, 0.3) is 23.1 Å². The number of aromatic nitrogens is 1. The van der Waals surface area contributed by atoms with Crippen molar-refractivity contribution in [2.75, 3.05) is 0 Å². The summed E-state index contributed by atoms with van der Waals surface area (Å²) < 4.78 is 6.92. The molecule has 1 aromatic heterocycles. The lowest BCUT2D eigenvalue weighted by Crippen LogP contribution is -2.42. The summed E-state index contributed by atoms with van der Waals surface area (Å²) in [5.74, 6) is -2.34. The van der Waals surface area contributed by atoms with Gasteiger partial charge in [0, 0.05) is 16.0 Å². The first-order chi connectivity index (χ1) is 19.3. The molecule has 0 amide bonds. The molecule has 1 heterocycles. The molecule has 0 saturated carbocycles. The van der Waals surface area contributed by atoms with Crippen LogP contribution >= 0.6 is 11.6 Å². The number of pyridine rings is 1. The molecule has 4 aromatic rings. The fourth-order valence-corrected chi connectivity index (χ4v) is 5.92. The summed E-state index contributed by atoms with van der Waals surface area (Å²) in [6, 6.07) is 24.9. The highest BCUT2D eigenvalue weighted by Gasteiger charge is 2.39. The van der Waals surface area contributed by atoms with Gasteiger partial charge in [-0.15, -0.1) is 0 Å². The molecule has 0 aliphatic heterocycles. The molecule has 0 unspecified atom stereocenters. The van der Waals surface area contributed by atoms with Gasteiger partial charge in [-0.25, -0.2) is 9.78 Å². The largest absolute Gasteiger partial charge is 0.475 e. The Bertz CT molecular complexity index is 1610. The minimum absolute atomic E-state index is 0.00456. The number of hydrogen-bond donors (Lipinski definition) is 1. The van der Waals surface area contributed by atoms with Gasteiger partial charge in [0.2, 0.25) is 0 Å². The first kappa shape index (κ1) is 30.4. The summed E-state index contributed by atoms with van der Waals surface area (Å²) in [6.45, 7) is 11.1. The van der Waals surface area contributed by atoms with Crippen molar-refractivity contribution >= 4 is 54.7 Å². The molecule has 4 rings (SSSR count). The third-order valence-corrected chi connectivity index (χ3v) is 12.5. The van der Waals surface area contributed by atoms with E-state index in [2.05, 4.69) is 46.0 Å². The Morgan fingerprint density at radius 3 is 2.44 bits per heavy atom. The molecule has 41 heavy (non-hydrogen) atoms. The lowest BCUT2D eigenvalue weighted by atomic mass is 9.95. The van der Waals surface area contributed by atoms with Gasteiger partial charge in [-0.1, -0.05) is 93.0 Å². The van der Waals surface area contributed by atoms with Gasteiger partial charge in [0.1, 0.15) is 0 Å². The van der Waals surface area contributed by atoms with Crippen molar-refractivity contribution in [1.29, 1.82) is 0 Å². The monoisotopic (exact) mass is 585 g/mol. The lowest BCUT2D eigenvalue weighted by Gasteiger charge is -2.39. The quantitative estimate of drug-likeness (QED) is 0.114. The van der Waals surface area contributed by atoms with Gasteiger partial charge in [0.05, 0.1) is 17.3 Å². The molecular formula is C34H36ClNO4Si. The van der Waals surface area contributed by atoms with Gasteiger partial charge in [-0.05, 0) is 78.0 Å². The maximum atomic E-state index is 12.3. The van der Waals surface area contributed by atoms with Crippen LogP contribution in [0.5, 0.6) is 0 Å². The number of hydrogen-bond acceptors (Lipinski definition) is 4. The van der Waals surface area contributed by atoms with E-state index in [9.17, 15) is 14.7 Å². The van der Waals surface area contributed by atoms with Crippen LogP contribution in [0.2, 0.25) is 23.2 Å². The minimum Gasteiger partial charge on any atom is -0.475 e. The zero-order valence-electron chi connectivity index (χ0n) is 24.1. The Morgan fingerprint density at radius 1 is 0.976 bits per heavy atom. The normalized spacial score (nSPS) is 13.0. The van der Waals surface area contributed by atoms with Crippen LogP contribution in [0.15, 0.2) is 78.9 Å². The number of ketones is 1. The summed E-state index contributed by atoms with van der Waals surface area (Å²) in [4.78, 5) is 28.4. The molecule has 5 nitrogen and oxygen atoms in total. The summed E-state index contributed by atoms with van der Waals surface area (Å²) in [5.41, 5.74) is 4.67. The highest BCUT2D eigenvalue weighted by atomic mass is 35.5. The molecule has 1 atom stereocenters. The molecule has 0 aliphatic carbocycles. The third kappa shape index (κ3) is 7.58. The number of carbonyl (C=O) groups excluding carboxylic acids is 1. The highest BCUT2D eigenvalue weighted by molar-refractivity contribution is 6.74. The number of carbonyl (C=O) groups is 2. The SMILES string of the molecule is CC(C)(C)[Si](C)(C)O[C@@H](CCc1ccccc1C(=O)C(=O)O)c1cccc(/C=C/c2ccc3ccc(Cl)cc3n2)c1. The molecule has 3 aromatic carbocycles. The second-order valence-electron chi connectivity index (χ2n) is 11.8. The smallest absolute Gasteiger partial charge is 0.377 e.